The van der Waals surface area contributed by atoms with Crippen molar-refractivity contribution >= 4 is 5.78 Å². The van der Waals surface area contributed by atoms with E-state index in [0.717, 1.165) is 0 Å². The van der Waals surface area contributed by atoms with Crippen LogP contribution >= 0.6 is 0 Å². The van der Waals surface area contributed by atoms with Crippen LogP contribution in [0.3, 0.4) is 0 Å². The Balaban J connectivity index is 2.10. The van der Waals surface area contributed by atoms with E-state index in [1.54, 1.807) is 30.3 Å². The summed E-state index contributed by atoms with van der Waals surface area (Å²) in [5.74, 6) is -0.399. The molecule has 1 aliphatic heterocycles. The van der Waals surface area contributed by atoms with Gasteiger partial charge in [0, 0.05) is 0 Å². The number of hydrogen-bond acceptors (Lipinski definition) is 6. The Labute approximate surface area is 103 Å². The van der Waals surface area contributed by atoms with Crippen molar-refractivity contribution in [2.75, 3.05) is 6.61 Å². The minimum atomic E-state index is -1.58. The summed E-state index contributed by atoms with van der Waals surface area (Å²) < 4.78 is 10.4. The molecule has 6 nitrogen and oxygen atoms in total. The average molecular weight is 254 g/mol. The predicted octanol–water partition coefficient (Wildman–Crippen LogP) is -0.927. The lowest BCUT2D eigenvalue weighted by atomic mass is 10.0. The second-order valence-electron chi connectivity index (χ2n) is 3.95. The van der Waals surface area contributed by atoms with E-state index >= 15 is 0 Å². The summed E-state index contributed by atoms with van der Waals surface area (Å²) in [5, 5.41) is 28.1. The molecule has 1 unspecified atom stereocenters. The van der Waals surface area contributed by atoms with Crippen molar-refractivity contribution in [3.63, 3.8) is 0 Å². The molecular formula is C12H14O6. The summed E-state index contributed by atoms with van der Waals surface area (Å²) in [7, 11) is 0. The normalized spacial score (nSPS) is 32.3. The van der Waals surface area contributed by atoms with Gasteiger partial charge in [0.15, 0.2) is 11.9 Å². The fourth-order valence-corrected chi connectivity index (χ4v) is 1.68. The smallest absolute Gasteiger partial charge is 0.233 e. The third-order valence-electron chi connectivity index (χ3n) is 2.68. The van der Waals surface area contributed by atoms with Crippen molar-refractivity contribution in [3.8, 4) is 5.75 Å². The molecule has 98 valence electrons. The van der Waals surface area contributed by atoms with Crippen LogP contribution in [0.1, 0.15) is 0 Å². The summed E-state index contributed by atoms with van der Waals surface area (Å²) in [6, 6.07) is 8.52. The van der Waals surface area contributed by atoms with E-state index in [2.05, 4.69) is 0 Å². The van der Waals surface area contributed by atoms with Gasteiger partial charge < -0.3 is 24.8 Å². The molecular weight excluding hydrogens is 240 g/mol. The Kier molecular flexibility index (Phi) is 3.93. The Morgan fingerprint density at radius 1 is 1.17 bits per heavy atom. The Morgan fingerprint density at radius 3 is 2.44 bits per heavy atom. The highest BCUT2D eigenvalue weighted by Gasteiger charge is 2.44. The standard InChI is InChI=1S/C12H14O6/c13-6-8-9(14)10(15)11(16)12(18-8)17-7-4-2-1-3-5-7/h1-5,8-9,11-14,16H,6H2/t8?,9-,11-,12-/m1/s1. The molecule has 0 radical (unpaired) electrons. The van der Waals surface area contributed by atoms with E-state index in [9.17, 15) is 15.0 Å². The zero-order valence-electron chi connectivity index (χ0n) is 9.47. The molecule has 0 saturated carbocycles. The topological polar surface area (TPSA) is 96.2 Å². The highest BCUT2D eigenvalue weighted by molar-refractivity contribution is 5.88. The maximum absolute atomic E-state index is 11.5. The van der Waals surface area contributed by atoms with Gasteiger partial charge >= 0.3 is 0 Å². The van der Waals surface area contributed by atoms with Gasteiger partial charge in [-0.15, -0.1) is 0 Å². The minimum absolute atomic E-state index is 0.419. The molecule has 0 amide bonds. The largest absolute Gasteiger partial charge is 0.462 e. The molecule has 0 spiro atoms. The average Bonchev–Trinajstić information content (AvgIpc) is 2.40. The van der Waals surface area contributed by atoms with Crippen LogP contribution in [-0.2, 0) is 9.53 Å². The summed E-state index contributed by atoms with van der Waals surface area (Å²) >= 11 is 0. The first-order valence-corrected chi connectivity index (χ1v) is 5.51. The number of rotatable bonds is 3. The fourth-order valence-electron chi connectivity index (χ4n) is 1.68. The van der Waals surface area contributed by atoms with E-state index in [0.29, 0.717) is 5.75 Å². The van der Waals surface area contributed by atoms with E-state index < -0.39 is 37.0 Å². The second-order valence-corrected chi connectivity index (χ2v) is 3.95. The molecule has 1 saturated heterocycles. The molecule has 1 heterocycles. The first-order valence-electron chi connectivity index (χ1n) is 5.51. The Morgan fingerprint density at radius 2 is 1.83 bits per heavy atom. The first kappa shape index (κ1) is 13.0. The summed E-state index contributed by atoms with van der Waals surface area (Å²) in [4.78, 5) is 11.5. The van der Waals surface area contributed by atoms with Gasteiger partial charge in [0.1, 0.15) is 18.0 Å². The van der Waals surface area contributed by atoms with Gasteiger partial charge in [-0.1, -0.05) is 18.2 Å². The lowest BCUT2D eigenvalue weighted by molar-refractivity contribution is -0.229. The zero-order valence-corrected chi connectivity index (χ0v) is 9.47. The maximum atomic E-state index is 11.5. The number of carbonyl (C=O) groups is 1. The predicted molar refractivity (Wildman–Crippen MR) is 59.8 cm³/mol. The van der Waals surface area contributed by atoms with E-state index in [4.69, 9.17) is 14.6 Å². The highest BCUT2D eigenvalue weighted by atomic mass is 16.7. The SMILES string of the molecule is O=C1[C@@H](O)[C@H](Oc2ccccc2)OC(CO)[C@H]1O. The van der Waals surface area contributed by atoms with Crippen molar-refractivity contribution in [1.82, 2.24) is 0 Å². The Hall–Kier alpha value is -1.47. The van der Waals surface area contributed by atoms with Crippen molar-refractivity contribution < 1.29 is 29.6 Å². The van der Waals surface area contributed by atoms with Crippen LogP contribution in [0.4, 0.5) is 0 Å². The van der Waals surface area contributed by atoms with Crippen molar-refractivity contribution in [3.05, 3.63) is 30.3 Å². The molecule has 6 heteroatoms. The van der Waals surface area contributed by atoms with Crippen LogP contribution in [0.25, 0.3) is 0 Å². The van der Waals surface area contributed by atoms with E-state index in [1.165, 1.54) is 0 Å². The third-order valence-corrected chi connectivity index (χ3v) is 2.68. The van der Waals surface area contributed by atoms with Gasteiger partial charge in [-0.05, 0) is 12.1 Å². The quantitative estimate of drug-likeness (QED) is 0.645. The number of benzene rings is 1. The minimum Gasteiger partial charge on any atom is -0.462 e. The van der Waals surface area contributed by atoms with Gasteiger partial charge in [-0.3, -0.25) is 4.79 Å². The fraction of sp³-hybridized carbons (Fsp3) is 0.417. The van der Waals surface area contributed by atoms with Crippen LogP contribution in [-0.4, -0.2) is 52.3 Å². The van der Waals surface area contributed by atoms with Crippen LogP contribution in [0.15, 0.2) is 30.3 Å². The highest BCUT2D eigenvalue weighted by Crippen LogP contribution is 2.21. The number of Topliss-reactive ketones (excluding diaryl/α,β-unsaturated/α-hetero) is 1. The van der Waals surface area contributed by atoms with Crippen molar-refractivity contribution in [2.24, 2.45) is 0 Å². The maximum Gasteiger partial charge on any atom is 0.233 e. The Bertz CT molecular complexity index is 406. The number of carbonyl (C=O) groups excluding carboxylic acids is 1. The number of ether oxygens (including phenoxy) is 2. The van der Waals surface area contributed by atoms with Crippen LogP contribution in [0.5, 0.6) is 5.75 Å². The summed E-state index contributed by atoms with van der Waals surface area (Å²) in [6.45, 7) is -0.533. The van der Waals surface area contributed by atoms with Crippen LogP contribution in [0.2, 0.25) is 0 Å². The lowest BCUT2D eigenvalue weighted by Gasteiger charge is -2.34. The number of hydrogen-bond donors (Lipinski definition) is 3. The van der Waals surface area contributed by atoms with Gasteiger partial charge in [-0.2, -0.15) is 0 Å². The van der Waals surface area contributed by atoms with Gasteiger partial charge in [0.25, 0.3) is 0 Å². The van der Waals surface area contributed by atoms with Crippen molar-refractivity contribution in [1.29, 1.82) is 0 Å². The van der Waals surface area contributed by atoms with E-state index in [1.807, 2.05) is 0 Å². The summed E-state index contributed by atoms with van der Waals surface area (Å²) in [5.41, 5.74) is 0. The lowest BCUT2D eigenvalue weighted by Crippen LogP contribution is -2.57. The molecule has 0 aliphatic carbocycles. The van der Waals surface area contributed by atoms with Gasteiger partial charge in [0.2, 0.25) is 6.29 Å². The molecule has 1 aromatic carbocycles. The molecule has 1 aliphatic rings. The van der Waals surface area contributed by atoms with Crippen LogP contribution < -0.4 is 4.74 Å². The number of aliphatic hydroxyl groups excluding tert-OH is 3. The molecule has 1 fully saturated rings. The molecule has 0 bridgehead atoms. The number of ketones is 1. The summed E-state index contributed by atoms with van der Waals surface area (Å²) in [6.07, 6.45) is -5.45. The first-order chi connectivity index (χ1) is 8.63. The monoisotopic (exact) mass is 254 g/mol. The zero-order chi connectivity index (χ0) is 13.1. The number of aliphatic hydroxyl groups is 3. The van der Waals surface area contributed by atoms with Crippen LogP contribution in [0, 0.1) is 0 Å². The molecule has 0 aromatic heterocycles. The van der Waals surface area contributed by atoms with Gasteiger partial charge in [-0.25, -0.2) is 0 Å². The third kappa shape index (κ3) is 2.51. The molecule has 3 N–H and O–H groups in total. The molecule has 2 rings (SSSR count). The number of para-hydroxylation sites is 1. The van der Waals surface area contributed by atoms with Crippen molar-refractivity contribution in [2.45, 2.75) is 24.6 Å². The molecule has 18 heavy (non-hydrogen) atoms. The molecule has 1 aromatic rings. The van der Waals surface area contributed by atoms with E-state index in [-0.39, 0.29) is 0 Å². The molecule has 4 atom stereocenters. The van der Waals surface area contributed by atoms with Gasteiger partial charge in [0.05, 0.1) is 6.61 Å². The second kappa shape index (κ2) is 5.45.